The second-order valence-corrected chi connectivity index (χ2v) is 6.15. The van der Waals surface area contributed by atoms with Crippen molar-refractivity contribution in [1.82, 2.24) is 0 Å². The Kier molecular flexibility index (Phi) is 5.62. The molecule has 1 heterocycles. The van der Waals surface area contributed by atoms with Gasteiger partial charge in [-0.3, -0.25) is 4.79 Å². The first-order chi connectivity index (χ1) is 10.1. The Balaban J connectivity index is 2.11. The summed E-state index contributed by atoms with van der Waals surface area (Å²) in [5.74, 6) is 1.78. The number of para-hydroxylation sites is 2. The van der Waals surface area contributed by atoms with E-state index in [2.05, 4.69) is 13.8 Å². The van der Waals surface area contributed by atoms with Crippen molar-refractivity contribution in [2.24, 2.45) is 17.6 Å². The first-order valence-electron chi connectivity index (χ1n) is 7.84. The van der Waals surface area contributed by atoms with Crippen LogP contribution in [0.2, 0.25) is 0 Å². The first kappa shape index (κ1) is 15.8. The van der Waals surface area contributed by atoms with Gasteiger partial charge in [-0.05, 0) is 43.4 Å². The molecule has 4 nitrogen and oxygen atoms in total. The Labute approximate surface area is 127 Å². The topological polar surface area (TPSA) is 55.6 Å². The third kappa shape index (κ3) is 4.21. The van der Waals surface area contributed by atoms with Gasteiger partial charge in [0.1, 0.15) is 5.75 Å². The SMILES string of the molecule is CC(C)C[C@H](CN)CC(=O)N1CCCOc2ccccc21. The number of rotatable bonds is 5. The van der Waals surface area contributed by atoms with Crippen LogP contribution < -0.4 is 15.4 Å². The standard InChI is InChI=1S/C17H26N2O2/c1-13(2)10-14(12-18)11-17(20)19-8-5-9-21-16-7-4-3-6-15(16)19/h3-4,6-7,13-14H,5,8-12,18H2,1-2H3/t14-/m0/s1. The van der Waals surface area contributed by atoms with E-state index >= 15 is 0 Å². The molecule has 0 bridgehead atoms. The molecule has 2 N–H and O–H groups in total. The summed E-state index contributed by atoms with van der Waals surface area (Å²) in [5, 5.41) is 0. The lowest BCUT2D eigenvalue weighted by atomic mass is 9.93. The van der Waals surface area contributed by atoms with E-state index in [1.807, 2.05) is 29.2 Å². The van der Waals surface area contributed by atoms with Crippen LogP contribution in [-0.4, -0.2) is 25.6 Å². The van der Waals surface area contributed by atoms with Crippen LogP contribution in [0.15, 0.2) is 24.3 Å². The highest BCUT2D eigenvalue weighted by molar-refractivity contribution is 5.95. The van der Waals surface area contributed by atoms with Crippen molar-refractivity contribution >= 4 is 11.6 Å². The molecule has 2 rings (SSSR count). The summed E-state index contributed by atoms with van der Waals surface area (Å²) in [4.78, 5) is 14.5. The van der Waals surface area contributed by atoms with E-state index in [-0.39, 0.29) is 11.8 Å². The largest absolute Gasteiger partial charge is 0.491 e. The second kappa shape index (κ2) is 7.46. The number of nitrogens with zero attached hydrogens (tertiary/aromatic N) is 1. The van der Waals surface area contributed by atoms with Crippen molar-refractivity contribution in [3.63, 3.8) is 0 Å². The van der Waals surface area contributed by atoms with Crippen LogP contribution in [0.3, 0.4) is 0 Å². The lowest BCUT2D eigenvalue weighted by molar-refractivity contribution is -0.119. The number of ether oxygens (including phenoxy) is 1. The molecule has 0 spiro atoms. The molecule has 116 valence electrons. The maximum atomic E-state index is 12.7. The Morgan fingerprint density at radius 3 is 2.86 bits per heavy atom. The molecular weight excluding hydrogens is 264 g/mol. The van der Waals surface area contributed by atoms with Crippen LogP contribution in [0.25, 0.3) is 0 Å². The number of fused-ring (bicyclic) bond motifs is 1. The fourth-order valence-corrected chi connectivity index (χ4v) is 2.87. The van der Waals surface area contributed by atoms with E-state index < -0.39 is 0 Å². The highest BCUT2D eigenvalue weighted by Gasteiger charge is 2.24. The summed E-state index contributed by atoms with van der Waals surface area (Å²) in [7, 11) is 0. The molecule has 4 heteroatoms. The maximum Gasteiger partial charge on any atom is 0.227 e. The van der Waals surface area contributed by atoms with Crippen LogP contribution in [-0.2, 0) is 4.79 Å². The number of hydrogen-bond acceptors (Lipinski definition) is 3. The molecule has 0 aliphatic carbocycles. The zero-order valence-electron chi connectivity index (χ0n) is 13.0. The minimum Gasteiger partial charge on any atom is -0.491 e. The number of amides is 1. The van der Waals surface area contributed by atoms with Gasteiger partial charge in [0.15, 0.2) is 0 Å². The lowest BCUT2D eigenvalue weighted by Crippen LogP contribution is -2.34. The Morgan fingerprint density at radius 2 is 2.14 bits per heavy atom. The van der Waals surface area contributed by atoms with Gasteiger partial charge in [-0.1, -0.05) is 26.0 Å². The van der Waals surface area contributed by atoms with Gasteiger partial charge in [0.05, 0.1) is 12.3 Å². The molecule has 0 saturated carbocycles. The third-order valence-corrected chi connectivity index (χ3v) is 3.84. The summed E-state index contributed by atoms with van der Waals surface area (Å²) in [6.07, 6.45) is 2.37. The van der Waals surface area contributed by atoms with Crippen molar-refractivity contribution in [3.05, 3.63) is 24.3 Å². The Bertz CT molecular complexity index is 474. The van der Waals surface area contributed by atoms with Gasteiger partial charge in [-0.15, -0.1) is 0 Å². The van der Waals surface area contributed by atoms with E-state index in [1.54, 1.807) is 0 Å². The van der Waals surface area contributed by atoms with Crippen molar-refractivity contribution in [2.75, 3.05) is 24.6 Å². The zero-order chi connectivity index (χ0) is 15.2. The van der Waals surface area contributed by atoms with Gasteiger partial charge in [-0.2, -0.15) is 0 Å². The lowest BCUT2D eigenvalue weighted by Gasteiger charge is -2.24. The van der Waals surface area contributed by atoms with Crippen LogP contribution in [0.4, 0.5) is 5.69 Å². The average Bonchev–Trinajstić information content (AvgIpc) is 2.68. The minimum absolute atomic E-state index is 0.157. The van der Waals surface area contributed by atoms with Crippen molar-refractivity contribution in [3.8, 4) is 5.75 Å². The summed E-state index contributed by atoms with van der Waals surface area (Å²) in [6.45, 7) is 6.28. The molecule has 0 radical (unpaired) electrons. The molecule has 0 fully saturated rings. The number of nitrogens with two attached hydrogens (primary N) is 1. The molecule has 1 aromatic carbocycles. The van der Waals surface area contributed by atoms with Gasteiger partial charge in [0.25, 0.3) is 0 Å². The van der Waals surface area contributed by atoms with Gasteiger partial charge in [0, 0.05) is 13.0 Å². The second-order valence-electron chi connectivity index (χ2n) is 6.15. The molecule has 0 aromatic heterocycles. The molecule has 21 heavy (non-hydrogen) atoms. The molecule has 1 aliphatic rings. The third-order valence-electron chi connectivity index (χ3n) is 3.84. The molecule has 0 saturated heterocycles. The maximum absolute atomic E-state index is 12.7. The summed E-state index contributed by atoms with van der Waals surface area (Å²) in [5.41, 5.74) is 6.72. The summed E-state index contributed by atoms with van der Waals surface area (Å²) < 4.78 is 5.71. The van der Waals surface area contributed by atoms with Crippen LogP contribution in [0, 0.1) is 11.8 Å². The number of anilines is 1. The van der Waals surface area contributed by atoms with Crippen molar-refractivity contribution in [2.45, 2.75) is 33.1 Å². The van der Waals surface area contributed by atoms with E-state index in [0.29, 0.717) is 25.5 Å². The average molecular weight is 290 g/mol. The van der Waals surface area contributed by atoms with E-state index in [4.69, 9.17) is 10.5 Å². The zero-order valence-corrected chi connectivity index (χ0v) is 13.0. The fourth-order valence-electron chi connectivity index (χ4n) is 2.87. The number of carbonyl (C=O) groups excluding carboxylic acids is 1. The molecule has 1 atom stereocenters. The predicted molar refractivity (Wildman–Crippen MR) is 85.5 cm³/mol. The molecule has 1 aliphatic heterocycles. The van der Waals surface area contributed by atoms with Crippen molar-refractivity contribution < 1.29 is 9.53 Å². The van der Waals surface area contributed by atoms with Gasteiger partial charge >= 0.3 is 0 Å². The fraction of sp³-hybridized carbons (Fsp3) is 0.588. The van der Waals surface area contributed by atoms with Gasteiger partial charge in [-0.25, -0.2) is 0 Å². The number of hydrogen-bond donors (Lipinski definition) is 1. The molecule has 1 aromatic rings. The van der Waals surface area contributed by atoms with Gasteiger partial charge in [0.2, 0.25) is 5.91 Å². The van der Waals surface area contributed by atoms with E-state index in [1.165, 1.54) is 0 Å². The smallest absolute Gasteiger partial charge is 0.227 e. The van der Waals surface area contributed by atoms with Crippen LogP contribution in [0.5, 0.6) is 5.75 Å². The van der Waals surface area contributed by atoms with E-state index in [9.17, 15) is 4.79 Å². The Morgan fingerprint density at radius 1 is 1.38 bits per heavy atom. The molecular formula is C17H26N2O2. The first-order valence-corrected chi connectivity index (χ1v) is 7.84. The monoisotopic (exact) mass is 290 g/mol. The Hall–Kier alpha value is -1.55. The minimum atomic E-state index is 0.157. The highest BCUT2D eigenvalue weighted by atomic mass is 16.5. The quantitative estimate of drug-likeness (QED) is 0.907. The molecule has 0 unspecified atom stereocenters. The normalized spacial score (nSPS) is 16.1. The van der Waals surface area contributed by atoms with Gasteiger partial charge < -0.3 is 15.4 Å². The number of carbonyl (C=O) groups is 1. The van der Waals surface area contributed by atoms with Crippen LogP contribution >= 0.6 is 0 Å². The molecule has 1 amide bonds. The highest BCUT2D eigenvalue weighted by Crippen LogP contribution is 2.31. The number of benzene rings is 1. The van der Waals surface area contributed by atoms with E-state index in [0.717, 1.165) is 30.8 Å². The predicted octanol–water partition coefficient (Wildman–Crippen LogP) is 2.81. The van der Waals surface area contributed by atoms with Crippen LogP contribution in [0.1, 0.15) is 33.1 Å². The van der Waals surface area contributed by atoms with Crippen molar-refractivity contribution in [1.29, 1.82) is 0 Å². The summed E-state index contributed by atoms with van der Waals surface area (Å²) in [6, 6.07) is 7.77. The summed E-state index contributed by atoms with van der Waals surface area (Å²) >= 11 is 0.